The van der Waals surface area contributed by atoms with Crippen LogP contribution in [0, 0.1) is 5.82 Å². The van der Waals surface area contributed by atoms with E-state index in [9.17, 15) is 8.78 Å². The molecule has 1 aromatic heterocycles. The Morgan fingerprint density at radius 2 is 1.97 bits per heavy atom. The number of nitrogens with zero attached hydrogens (tertiary/aromatic N) is 3. The normalized spacial score (nSPS) is 11.8. The van der Waals surface area contributed by atoms with Crippen LogP contribution in [0.1, 0.15) is 13.8 Å². The molecule has 0 radical (unpaired) electrons. The molecule has 0 saturated heterocycles. The second-order valence-corrected chi connectivity index (χ2v) is 7.44. The third kappa shape index (κ3) is 5.83. The van der Waals surface area contributed by atoms with Crippen LogP contribution in [0.15, 0.2) is 48.6 Å². The molecular weight excluding hydrogens is 436 g/mol. The minimum atomic E-state index is -0.503. The summed E-state index contributed by atoms with van der Waals surface area (Å²) in [6.45, 7) is 6.38. The SMILES string of the molecule is CCN(CC)C/C=C(\F)CNc1cc2c(Nc3ccc(F)c(Cl)c3)ncnc2cc1OC. The zero-order chi connectivity index (χ0) is 23.1. The van der Waals surface area contributed by atoms with E-state index in [1.165, 1.54) is 18.5 Å². The first kappa shape index (κ1) is 23.7. The van der Waals surface area contributed by atoms with Gasteiger partial charge in [0.25, 0.3) is 0 Å². The van der Waals surface area contributed by atoms with Gasteiger partial charge in [-0.15, -0.1) is 0 Å². The zero-order valence-corrected chi connectivity index (χ0v) is 19.0. The molecule has 0 amide bonds. The van der Waals surface area contributed by atoms with Crippen LogP contribution in [0.5, 0.6) is 5.75 Å². The van der Waals surface area contributed by atoms with Crippen molar-refractivity contribution in [1.29, 1.82) is 0 Å². The number of nitrogens with one attached hydrogen (secondary N) is 2. The molecule has 2 N–H and O–H groups in total. The molecule has 0 aliphatic heterocycles. The van der Waals surface area contributed by atoms with E-state index in [1.807, 2.05) is 13.8 Å². The quantitative estimate of drug-likeness (QED) is 0.399. The number of ether oxygens (including phenoxy) is 1. The fourth-order valence-corrected chi connectivity index (χ4v) is 3.34. The number of fused-ring (bicyclic) bond motifs is 1. The molecule has 0 spiro atoms. The first-order chi connectivity index (χ1) is 15.4. The lowest BCUT2D eigenvalue weighted by Crippen LogP contribution is -2.23. The van der Waals surface area contributed by atoms with Gasteiger partial charge in [-0.25, -0.2) is 18.7 Å². The molecule has 32 heavy (non-hydrogen) atoms. The number of hydrogen-bond donors (Lipinski definition) is 2. The van der Waals surface area contributed by atoms with Crippen LogP contribution in [0.25, 0.3) is 10.9 Å². The monoisotopic (exact) mass is 461 g/mol. The largest absolute Gasteiger partial charge is 0.495 e. The first-order valence-corrected chi connectivity index (χ1v) is 10.7. The van der Waals surface area contributed by atoms with Gasteiger partial charge in [0.05, 0.1) is 29.9 Å². The number of rotatable bonds is 10. The van der Waals surface area contributed by atoms with E-state index in [0.29, 0.717) is 40.4 Å². The van der Waals surface area contributed by atoms with Gasteiger partial charge in [0, 0.05) is 23.7 Å². The highest BCUT2D eigenvalue weighted by Crippen LogP contribution is 2.33. The molecule has 1 heterocycles. The lowest BCUT2D eigenvalue weighted by Gasteiger charge is -2.16. The number of halogens is 3. The van der Waals surface area contributed by atoms with Crippen molar-refractivity contribution in [2.45, 2.75) is 13.8 Å². The van der Waals surface area contributed by atoms with Gasteiger partial charge in [-0.1, -0.05) is 25.4 Å². The molecule has 0 unspecified atom stereocenters. The zero-order valence-electron chi connectivity index (χ0n) is 18.3. The second kappa shape index (κ2) is 11.1. The summed E-state index contributed by atoms with van der Waals surface area (Å²) in [5, 5.41) is 6.90. The molecule has 0 bridgehead atoms. The summed E-state index contributed by atoms with van der Waals surface area (Å²) in [7, 11) is 1.54. The van der Waals surface area contributed by atoms with Crippen molar-refractivity contribution in [3.63, 3.8) is 0 Å². The summed E-state index contributed by atoms with van der Waals surface area (Å²) >= 11 is 5.88. The van der Waals surface area contributed by atoms with E-state index in [-0.39, 0.29) is 17.4 Å². The van der Waals surface area contributed by atoms with Crippen LogP contribution in [-0.2, 0) is 0 Å². The average molecular weight is 462 g/mol. The van der Waals surface area contributed by atoms with Gasteiger partial charge in [-0.05, 0) is 43.4 Å². The minimum Gasteiger partial charge on any atom is -0.495 e. The van der Waals surface area contributed by atoms with Crippen LogP contribution >= 0.6 is 11.6 Å². The Hall–Kier alpha value is -2.97. The molecule has 170 valence electrons. The highest BCUT2D eigenvalue weighted by molar-refractivity contribution is 6.31. The van der Waals surface area contributed by atoms with Gasteiger partial charge in [-0.3, -0.25) is 0 Å². The summed E-state index contributed by atoms with van der Waals surface area (Å²) in [6.07, 6.45) is 2.99. The third-order valence-corrected chi connectivity index (χ3v) is 5.34. The maximum atomic E-state index is 14.4. The standard InChI is InChI=1S/C23H26ClF2N5O/c1-4-31(5-2)9-8-15(25)13-27-21-11-17-20(12-22(21)32-3)28-14-29-23(17)30-16-6-7-19(26)18(24)10-16/h6-8,10-12,14,27H,4-5,9,13H2,1-3H3,(H,28,29,30)/b15-8-. The molecule has 9 heteroatoms. The summed E-state index contributed by atoms with van der Waals surface area (Å²) < 4.78 is 33.3. The Kier molecular flexibility index (Phi) is 8.19. The van der Waals surface area contributed by atoms with Crippen molar-refractivity contribution in [2.24, 2.45) is 0 Å². The van der Waals surface area contributed by atoms with E-state index in [4.69, 9.17) is 16.3 Å². The van der Waals surface area contributed by atoms with Crippen molar-refractivity contribution >= 4 is 39.7 Å². The van der Waals surface area contributed by atoms with Gasteiger partial charge >= 0.3 is 0 Å². The Bertz CT molecular complexity index is 1110. The van der Waals surface area contributed by atoms with Crippen LogP contribution < -0.4 is 15.4 Å². The molecule has 0 atom stereocenters. The number of benzene rings is 2. The highest BCUT2D eigenvalue weighted by atomic mass is 35.5. The van der Waals surface area contributed by atoms with E-state index < -0.39 is 5.82 Å². The number of anilines is 3. The second-order valence-electron chi connectivity index (χ2n) is 7.04. The molecule has 2 aromatic carbocycles. The molecule has 0 saturated carbocycles. The summed E-state index contributed by atoms with van der Waals surface area (Å²) in [5.74, 6) is 0.268. The fraction of sp³-hybridized carbons (Fsp3) is 0.304. The Balaban J connectivity index is 1.85. The van der Waals surface area contributed by atoms with Crippen LogP contribution in [0.3, 0.4) is 0 Å². The molecule has 6 nitrogen and oxygen atoms in total. The predicted molar refractivity (Wildman–Crippen MR) is 126 cm³/mol. The molecule has 0 aliphatic rings. The number of methoxy groups -OCH3 is 1. The van der Waals surface area contributed by atoms with Crippen LogP contribution in [0.4, 0.5) is 26.0 Å². The predicted octanol–water partition coefficient (Wildman–Crippen LogP) is 5.78. The Labute approximate surface area is 191 Å². The lowest BCUT2D eigenvalue weighted by molar-refractivity contribution is 0.334. The third-order valence-electron chi connectivity index (χ3n) is 5.05. The van der Waals surface area contributed by atoms with Crippen molar-refractivity contribution in [2.75, 3.05) is 43.9 Å². The van der Waals surface area contributed by atoms with Gasteiger partial charge < -0.3 is 20.3 Å². The van der Waals surface area contributed by atoms with Gasteiger partial charge in [0.15, 0.2) is 0 Å². The maximum absolute atomic E-state index is 14.4. The van der Waals surface area contributed by atoms with Crippen molar-refractivity contribution < 1.29 is 13.5 Å². The summed E-state index contributed by atoms with van der Waals surface area (Å²) in [5.41, 5.74) is 1.81. The van der Waals surface area contributed by atoms with Gasteiger partial charge in [-0.2, -0.15) is 0 Å². The topological polar surface area (TPSA) is 62.3 Å². The first-order valence-electron chi connectivity index (χ1n) is 10.3. The number of hydrogen-bond acceptors (Lipinski definition) is 6. The highest BCUT2D eigenvalue weighted by Gasteiger charge is 2.12. The summed E-state index contributed by atoms with van der Waals surface area (Å²) in [4.78, 5) is 10.7. The van der Waals surface area contributed by atoms with Crippen molar-refractivity contribution in [3.8, 4) is 5.75 Å². The fourth-order valence-electron chi connectivity index (χ4n) is 3.16. The smallest absolute Gasteiger partial charge is 0.144 e. The Morgan fingerprint density at radius 3 is 2.66 bits per heavy atom. The van der Waals surface area contributed by atoms with E-state index in [0.717, 1.165) is 13.1 Å². The maximum Gasteiger partial charge on any atom is 0.144 e. The van der Waals surface area contributed by atoms with E-state index in [2.05, 4.69) is 25.5 Å². The molecule has 0 fully saturated rings. The molecule has 3 rings (SSSR count). The van der Waals surface area contributed by atoms with Crippen LogP contribution in [0.2, 0.25) is 5.02 Å². The van der Waals surface area contributed by atoms with Crippen molar-refractivity contribution in [3.05, 3.63) is 59.4 Å². The summed E-state index contributed by atoms with van der Waals surface area (Å²) in [6, 6.07) is 7.86. The van der Waals surface area contributed by atoms with Gasteiger partial charge in [0.2, 0.25) is 0 Å². The Morgan fingerprint density at radius 1 is 1.19 bits per heavy atom. The van der Waals surface area contributed by atoms with Crippen molar-refractivity contribution in [1.82, 2.24) is 14.9 Å². The molecule has 0 aliphatic carbocycles. The minimum absolute atomic E-state index is 0.00404. The average Bonchev–Trinajstić information content (AvgIpc) is 2.80. The van der Waals surface area contributed by atoms with E-state index >= 15 is 0 Å². The molecular formula is C23H26ClF2N5O. The van der Waals surface area contributed by atoms with E-state index in [1.54, 1.807) is 31.4 Å². The van der Waals surface area contributed by atoms with Gasteiger partial charge in [0.1, 0.15) is 29.5 Å². The number of likely N-dealkylation sites (N-methyl/N-ethyl adjacent to an activating group) is 1. The number of aromatic nitrogens is 2. The lowest BCUT2D eigenvalue weighted by atomic mass is 10.1. The van der Waals surface area contributed by atoms with Crippen LogP contribution in [-0.4, -0.2) is 48.2 Å². The molecule has 3 aromatic rings.